The van der Waals surface area contributed by atoms with E-state index in [1.54, 1.807) is 12.1 Å². The van der Waals surface area contributed by atoms with E-state index in [-0.39, 0.29) is 5.97 Å². The van der Waals surface area contributed by atoms with Crippen LogP contribution in [0.2, 0.25) is 0 Å². The fourth-order valence-corrected chi connectivity index (χ4v) is 0.875. The van der Waals surface area contributed by atoms with Crippen molar-refractivity contribution in [3.8, 4) is 5.75 Å². The minimum atomic E-state index is -5.08. The Morgan fingerprint density at radius 1 is 1.21 bits per heavy atom. The molecule has 0 aliphatic carbocycles. The SMILES string of the molecule is CCCC(=O)Oc1ccccc1.O=C(O)C(F)(F)F. The number of carbonyl (C=O) groups excluding carboxylic acids is 1. The van der Waals surface area contributed by atoms with Crippen molar-refractivity contribution in [1.29, 1.82) is 0 Å². The lowest BCUT2D eigenvalue weighted by atomic mass is 10.3. The lowest BCUT2D eigenvalue weighted by Crippen LogP contribution is -2.21. The van der Waals surface area contributed by atoms with Gasteiger partial charge in [0.1, 0.15) is 5.75 Å². The lowest BCUT2D eigenvalue weighted by Gasteiger charge is -2.01. The maximum Gasteiger partial charge on any atom is 0.490 e. The number of alkyl halides is 3. The lowest BCUT2D eigenvalue weighted by molar-refractivity contribution is -0.192. The summed E-state index contributed by atoms with van der Waals surface area (Å²) in [5.41, 5.74) is 0. The summed E-state index contributed by atoms with van der Waals surface area (Å²) in [5, 5.41) is 7.12. The first-order valence-corrected chi connectivity index (χ1v) is 5.33. The zero-order valence-corrected chi connectivity index (χ0v) is 10.1. The Morgan fingerprint density at radius 2 is 1.68 bits per heavy atom. The molecule has 1 aromatic rings. The molecular weight excluding hydrogens is 265 g/mol. The first-order chi connectivity index (χ1) is 8.77. The predicted molar refractivity (Wildman–Crippen MR) is 60.7 cm³/mol. The summed E-state index contributed by atoms with van der Waals surface area (Å²) in [6.45, 7) is 1.95. The van der Waals surface area contributed by atoms with Crippen molar-refractivity contribution >= 4 is 11.9 Å². The van der Waals surface area contributed by atoms with Crippen molar-refractivity contribution in [3.63, 3.8) is 0 Å². The topological polar surface area (TPSA) is 63.6 Å². The normalized spacial score (nSPS) is 10.1. The molecule has 0 fully saturated rings. The molecule has 19 heavy (non-hydrogen) atoms. The molecule has 0 aliphatic rings. The zero-order valence-electron chi connectivity index (χ0n) is 10.1. The van der Waals surface area contributed by atoms with E-state index in [1.807, 2.05) is 25.1 Å². The number of para-hydroxylation sites is 1. The van der Waals surface area contributed by atoms with E-state index in [0.717, 1.165) is 6.42 Å². The first kappa shape index (κ1) is 16.9. The molecular formula is C12H13F3O4. The molecule has 0 radical (unpaired) electrons. The van der Waals surface area contributed by atoms with Gasteiger partial charge in [0.05, 0.1) is 0 Å². The third kappa shape index (κ3) is 8.64. The van der Waals surface area contributed by atoms with Crippen LogP contribution in [0.25, 0.3) is 0 Å². The van der Waals surface area contributed by atoms with Gasteiger partial charge in [-0.15, -0.1) is 0 Å². The van der Waals surface area contributed by atoms with E-state index in [0.29, 0.717) is 12.2 Å². The second-order valence-electron chi connectivity index (χ2n) is 3.34. The molecule has 1 rings (SSSR count). The number of esters is 1. The van der Waals surface area contributed by atoms with Gasteiger partial charge in [-0.25, -0.2) is 4.79 Å². The standard InChI is InChI=1S/C10H12O2.C2HF3O2/c1-2-6-10(11)12-9-7-4-3-5-8-9;3-2(4,5)1(6)7/h3-5,7-8H,2,6H2,1H3;(H,6,7). The zero-order chi connectivity index (χ0) is 14.9. The number of benzene rings is 1. The van der Waals surface area contributed by atoms with E-state index in [2.05, 4.69) is 0 Å². The Hall–Kier alpha value is -2.05. The monoisotopic (exact) mass is 278 g/mol. The molecule has 0 aromatic heterocycles. The third-order valence-electron chi connectivity index (χ3n) is 1.67. The summed E-state index contributed by atoms with van der Waals surface area (Å²) in [6, 6.07) is 9.11. The van der Waals surface area contributed by atoms with Gasteiger partial charge >= 0.3 is 18.1 Å². The highest BCUT2D eigenvalue weighted by molar-refractivity contribution is 5.73. The fourth-order valence-electron chi connectivity index (χ4n) is 0.875. The molecule has 0 saturated heterocycles. The molecule has 0 aliphatic heterocycles. The second kappa shape index (κ2) is 8.12. The van der Waals surface area contributed by atoms with Gasteiger partial charge < -0.3 is 9.84 Å². The van der Waals surface area contributed by atoms with Crippen LogP contribution in [0.5, 0.6) is 5.75 Å². The molecule has 0 atom stereocenters. The number of hydrogen-bond donors (Lipinski definition) is 1. The summed E-state index contributed by atoms with van der Waals surface area (Å²) >= 11 is 0. The number of ether oxygens (including phenoxy) is 1. The van der Waals surface area contributed by atoms with Crippen LogP contribution < -0.4 is 4.74 Å². The smallest absolute Gasteiger partial charge is 0.475 e. The maximum atomic E-state index is 11.0. The number of halogens is 3. The average molecular weight is 278 g/mol. The number of carboxylic acids is 1. The summed E-state index contributed by atoms with van der Waals surface area (Å²) in [7, 11) is 0. The van der Waals surface area contributed by atoms with Gasteiger partial charge in [0.2, 0.25) is 0 Å². The number of carbonyl (C=O) groups is 2. The second-order valence-corrected chi connectivity index (χ2v) is 3.34. The molecule has 1 N–H and O–H groups in total. The van der Waals surface area contributed by atoms with Crippen molar-refractivity contribution in [2.75, 3.05) is 0 Å². The van der Waals surface area contributed by atoms with Crippen molar-refractivity contribution in [3.05, 3.63) is 30.3 Å². The van der Waals surface area contributed by atoms with Crippen LogP contribution in [0.3, 0.4) is 0 Å². The largest absolute Gasteiger partial charge is 0.490 e. The minimum Gasteiger partial charge on any atom is -0.475 e. The van der Waals surface area contributed by atoms with E-state index >= 15 is 0 Å². The molecule has 0 amide bonds. The van der Waals surface area contributed by atoms with Crippen molar-refractivity contribution < 1.29 is 32.6 Å². The summed E-state index contributed by atoms with van der Waals surface area (Å²) in [6.07, 6.45) is -3.78. The molecule has 7 heteroatoms. The van der Waals surface area contributed by atoms with Gasteiger partial charge in [0.25, 0.3) is 0 Å². The average Bonchev–Trinajstić information content (AvgIpc) is 2.30. The Morgan fingerprint density at radius 3 is 2.05 bits per heavy atom. The van der Waals surface area contributed by atoms with Crippen LogP contribution in [0.1, 0.15) is 19.8 Å². The highest BCUT2D eigenvalue weighted by atomic mass is 19.4. The third-order valence-corrected chi connectivity index (χ3v) is 1.67. The van der Waals surface area contributed by atoms with Gasteiger partial charge in [-0.1, -0.05) is 25.1 Å². The molecule has 4 nitrogen and oxygen atoms in total. The van der Waals surface area contributed by atoms with Crippen LogP contribution in [-0.4, -0.2) is 23.2 Å². The molecule has 0 unspecified atom stereocenters. The fraction of sp³-hybridized carbons (Fsp3) is 0.333. The number of aliphatic carboxylic acids is 1. The van der Waals surface area contributed by atoms with Gasteiger partial charge in [-0.3, -0.25) is 4.79 Å². The van der Waals surface area contributed by atoms with Crippen LogP contribution in [0, 0.1) is 0 Å². The van der Waals surface area contributed by atoms with E-state index in [9.17, 15) is 18.0 Å². The van der Waals surface area contributed by atoms with Crippen LogP contribution in [0.4, 0.5) is 13.2 Å². The summed E-state index contributed by atoms with van der Waals surface area (Å²) in [4.78, 5) is 19.9. The first-order valence-electron chi connectivity index (χ1n) is 5.33. The Labute approximate surface area is 107 Å². The van der Waals surface area contributed by atoms with E-state index in [4.69, 9.17) is 14.6 Å². The van der Waals surface area contributed by atoms with Crippen LogP contribution in [-0.2, 0) is 9.59 Å². The Kier molecular flexibility index (Phi) is 7.25. The van der Waals surface area contributed by atoms with Crippen LogP contribution >= 0.6 is 0 Å². The molecule has 106 valence electrons. The van der Waals surface area contributed by atoms with Gasteiger partial charge in [0, 0.05) is 6.42 Å². The molecule has 0 heterocycles. The number of carboxylic acid groups (broad SMARTS) is 1. The molecule has 0 saturated carbocycles. The Bertz CT molecular complexity index is 401. The van der Waals surface area contributed by atoms with Crippen molar-refractivity contribution in [1.82, 2.24) is 0 Å². The number of hydrogen-bond acceptors (Lipinski definition) is 3. The highest BCUT2D eigenvalue weighted by Crippen LogP contribution is 2.13. The molecule has 1 aromatic carbocycles. The summed E-state index contributed by atoms with van der Waals surface area (Å²) < 4.78 is 36.8. The van der Waals surface area contributed by atoms with E-state index < -0.39 is 12.1 Å². The van der Waals surface area contributed by atoms with Gasteiger partial charge in [-0.05, 0) is 18.6 Å². The van der Waals surface area contributed by atoms with E-state index in [1.165, 1.54) is 0 Å². The maximum absolute atomic E-state index is 11.0. The van der Waals surface area contributed by atoms with Crippen LogP contribution in [0.15, 0.2) is 30.3 Å². The van der Waals surface area contributed by atoms with Gasteiger partial charge in [-0.2, -0.15) is 13.2 Å². The highest BCUT2D eigenvalue weighted by Gasteiger charge is 2.38. The van der Waals surface area contributed by atoms with Crippen molar-refractivity contribution in [2.45, 2.75) is 25.9 Å². The predicted octanol–water partition coefficient (Wildman–Crippen LogP) is 3.03. The number of rotatable bonds is 3. The minimum absolute atomic E-state index is 0.163. The Balaban J connectivity index is 0.000000399. The summed E-state index contributed by atoms with van der Waals surface area (Å²) in [5.74, 6) is -2.30. The molecule has 0 bridgehead atoms. The van der Waals surface area contributed by atoms with Crippen molar-refractivity contribution in [2.24, 2.45) is 0 Å². The van der Waals surface area contributed by atoms with Gasteiger partial charge in [0.15, 0.2) is 0 Å². The quantitative estimate of drug-likeness (QED) is 0.682. The molecule has 0 spiro atoms.